The van der Waals surface area contributed by atoms with E-state index < -0.39 is 28.4 Å². The molecule has 38 heavy (non-hydrogen) atoms. The zero-order valence-electron chi connectivity index (χ0n) is 20.0. The number of nitrogens with zero attached hydrogens (tertiary/aromatic N) is 2. The van der Waals surface area contributed by atoms with E-state index in [1.165, 1.54) is 47.2 Å². The quantitative estimate of drug-likeness (QED) is 0.312. The summed E-state index contributed by atoms with van der Waals surface area (Å²) >= 11 is 0. The van der Waals surface area contributed by atoms with Crippen LogP contribution in [0.4, 0.5) is 4.39 Å². The van der Waals surface area contributed by atoms with Crippen molar-refractivity contribution in [3.63, 3.8) is 0 Å². The van der Waals surface area contributed by atoms with Crippen molar-refractivity contribution < 1.29 is 27.5 Å². The average molecular weight is 535 g/mol. The molecule has 2 aromatic heterocycles. The lowest BCUT2D eigenvalue weighted by molar-refractivity contribution is 0.0955. The molecule has 0 amide bonds. The Bertz CT molecular complexity index is 1780. The highest BCUT2D eigenvalue weighted by Gasteiger charge is 2.20. The molecule has 0 aliphatic carbocycles. The molecule has 0 fully saturated rings. The van der Waals surface area contributed by atoms with Crippen LogP contribution in [-0.2, 0) is 22.0 Å². The standard InChI is InChI=1S/C28H23FN2O6S/c29-22-3-1-2-18(13-22)19-4-7-27(21(12-19)14-24(33)16-32)31-26-8-6-25(15-20(26)5-9-28(31)34)38(35,36)17-23-10-11-37-30-23/h1-13,15,24,32-33H,14,16-17H2. The molecule has 0 bridgehead atoms. The van der Waals surface area contributed by atoms with Crippen LogP contribution < -0.4 is 5.56 Å². The molecule has 0 spiro atoms. The molecular formula is C28H23FN2O6S. The third-order valence-corrected chi connectivity index (χ3v) is 7.85. The van der Waals surface area contributed by atoms with Crippen molar-refractivity contribution in [2.75, 3.05) is 6.61 Å². The fourth-order valence-electron chi connectivity index (χ4n) is 4.39. The highest BCUT2D eigenvalue weighted by atomic mass is 32.2. The number of sulfone groups is 1. The molecule has 10 heteroatoms. The molecule has 1 atom stereocenters. The largest absolute Gasteiger partial charge is 0.394 e. The summed E-state index contributed by atoms with van der Waals surface area (Å²) in [4.78, 5) is 13.2. The Morgan fingerprint density at radius 2 is 1.79 bits per heavy atom. The van der Waals surface area contributed by atoms with Crippen LogP contribution in [-0.4, -0.2) is 41.1 Å². The van der Waals surface area contributed by atoms with Crippen LogP contribution in [0, 0.1) is 5.82 Å². The van der Waals surface area contributed by atoms with Gasteiger partial charge in [0, 0.05) is 23.9 Å². The number of aliphatic hydroxyl groups is 2. The predicted octanol–water partition coefficient (Wildman–Crippen LogP) is 3.65. The topological polar surface area (TPSA) is 123 Å². The van der Waals surface area contributed by atoms with Gasteiger partial charge in [0.25, 0.3) is 5.56 Å². The van der Waals surface area contributed by atoms with Gasteiger partial charge < -0.3 is 14.7 Å². The summed E-state index contributed by atoms with van der Waals surface area (Å²) in [6.45, 7) is -0.485. The van der Waals surface area contributed by atoms with Gasteiger partial charge in [-0.05, 0) is 65.2 Å². The van der Waals surface area contributed by atoms with Crippen molar-refractivity contribution in [1.29, 1.82) is 0 Å². The summed E-state index contributed by atoms with van der Waals surface area (Å²) in [5, 5.41) is 23.9. The Morgan fingerprint density at radius 1 is 0.974 bits per heavy atom. The monoisotopic (exact) mass is 534 g/mol. The van der Waals surface area contributed by atoms with Crippen LogP contribution in [0.15, 0.2) is 99.3 Å². The summed E-state index contributed by atoms with van der Waals surface area (Å²) < 4.78 is 45.9. The number of aromatic nitrogens is 2. The van der Waals surface area contributed by atoms with E-state index in [-0.39, 0.29) is 28.3 Å². The van der Waals surface area contributed by atoms with Crippen LogP contribution >= 0.6 is 0 Å². The lowest BCUT2D eigenvalue weighted by Crippen LogP contribution is -2.22. The summed E-state index contributed by atoms with van der Waals surface area (Å²) in [7, 11) is -3.73. The molecule has 0 aliphatic heterocycles. The van der Waals surface area contributed by atoms with Crippen LogP contribution in [0.5, 0.6) is 0 Å². The van der Waals surface area contributed by atoms with Crippen molar-refractivity contribution in [1.82, 2.24) is 9.72 Å². The first-order valence-electron chi connectivity index (χ1n) is 11.7. The second-order valence-electron chi connectivity index (χ2n) is 8.87. The number of hydrogen-bond donors (Lipinski definition) is 2. The molecule has 1 unspecified atom stereocenters. The summed E-state index contributed by atoms with van der Waals surface area (Å²) in [5.41, 5.74) is 2.65. The summed E-state index contributed by atoms with van der Waals surface area (Å²) in [6, 6.07) is 20.1. The number of hydrogen-bond acceptors (Lipinski definition) is 7. The first-order valence-corrected chi connectivity index (χ1v) is 13.4. The lowest BCUT2D eigenvalue weighted by atomic mass is 9.98. The van der Waals surface area contributed by atoms with E-state index in [1.807, 2.05) is 0 Å². The molecule has 3 aromatic carbocycles. The maximum Gasteiger partial charge on any atom is 0.255 e. The molecule has 0 saturated carbocycles. The van der Waals surface area contributed by atoms with Crippen molar-refractivity contribution in [2.24, 2.45) is 0 Å². The van der Waals surface area contributed by atoms with Crippen LogP contribution in [0.25, 0.3) is 27.7 Å². The fraction of sp³-hybridized carbons (Fsp3) is 0.143. The normalized spacial score (nSPS) is 12.6. The number of pyridine rings is 1. The van der Waals surface area contributed by atoms with Crippen molar-refractivity contribution in [3.05, 3.63) is 113 Å². The van der Waals surface area contributed by atoms with Gasteiger partial charge in [0.15, 0.2) is 9.84 Å². The molecule has 0 radical (unpaired) electrons. The fourth-order valence-corrected chi connectivity index (χ4v) is 5.68. The van der Waals surface area contributed by atoms with E-state index in [0.717, 1.165) is 0 Å². The molecule has 5 aromatic rings. The van der Waals surface area contributed by atoms with Gasteiger partial charge in [-0.15, -0.1) is 0 Å². The van der Waals surface area contributed by atoms with Crippen molar-refractivity contribution in [2.45, 2.75) is 23.2 Å². The minimum atomic E-state index is -3.73. The molecule has 5 rings (SSSR count). The van der Waals surface area contributed by atoms with E-state index in [9.17, 15) is 27.8 Å². The van der Waals surface area contributed by atoms with Crippen LogP contribution in [0.3, 0.4) is 0 Å². The Kier molecular flexibility index (Phi) is 6.94. The Morgan fingerprint density at radius 3 is 2.53 bits per heavy atom. The number of benzene rings is 3. The van der Waals surface area contributed by atoms with Crippen molar-refractivity contribution >= 4 is 20.7 Å². The Hall–Kier alpha value is -4.12. The number of halogens is 1. The van der Waals surface area contributed by atoms with Gasteiger partial charge in [-0.3, -0.25) is 9.36 Å². The minimum Gasteiger partial charge on any atom is -0.394 e. The SMILES string of the molecule is O=c1ccc2cc(S(=O)(=O)Cc3ccon3)ccc2n1-c1ccc(-c2cccc(F)c2)cc1CC(O)CO. The molecule has 0 aliphatic rings. The molecule has 2 heterocycles. The van der Waals surface area contributed by atoms with Crippen LogP contribution in [0.1, 0.15) is 11.3 Å². The molecule has 194 valence electrons. The average Bonchev–Trinajstić information content (AvgIpc) is 3.41. The Balaban J connectivity index is 1.64. The first-order chi connectivity index (χ1) is 18.2. The molecule has 2 N–H and O–H groups in total. The second-order valence-corrected chi connectivity index (χ2v) is 10.9. The van der Waals surface area contributed by atoms with Gasteiger partial charge in [-0.25, -0.2) is 12.8 Å². The van der Waals surface area contributed by atoms with E-state index in [4.69, 9.17) is 4.52 Å². The lowest BCUT2D eigenvalue weighted by Gasteiger charge is -2.18. The van der Waals surface area contributed by atoms with Crippen molar-refractivity contribution in [3.8, 4) is 16.8 Å². The molecule has 8 nitrogen and oxygen atoms in total. The minimum absolute atomic E-state index is 0.0297. The third kappa shape index (κ3) is 5.14. The summed E-state index contributed by atoms with van der Waals surface area (Å²) in [6.07, 6.45) is 0.243. The zero-order valence-corrected chi connectivity index (χ0v) is 20.8. The van der Waals surface area contributed by atoms with Gasteiger partial charge in [0.2, 0.25) is 0 Å². The second kappa shape index (κ2) is 10.3. The molecular weight excluding hydrogens is 511 g/mol. The number of fused-ring (bicyclic) bond motifs is 1. The maximum absolute atomic E-state index is 13.8. The predicted molar refractivity (Wildman–Crippen MR) is 139 cm³/mol. The van der Waals surface area contributed by atoms with Gasteiger partial charge in [0.05, 0.1) is 34.5 Å². The summed E-state index contributed by atoms with van der Waals surface area (Å²) in [5.74, 6) is -0.734. The smallest absolute Gasteiger partial charge is 0.255 e. The van der Waals surface area contributed by atoms with Gasteiger partial charge >= 0.3 is 0 Å². The molecule has 0 saturated heterocycles. The van der Waals surface area contributed by atoms with Gasteiger partial charge in [-0.2, -0.15) is 0 Å². The Labute approximate surface area is 217 Å². The zero-order chi connectivity index (χ0) is 26.9. The van der Waals surface area contributed by atoms with Crippen LogP contribution in [0.2, 0.25) is 0 Å². The first kappa shape index (κ1) is 25.5. The third-order valence-electron chi connectivity index (χ3n) is 6.20. The van der Waals surface area contributed by atoms with Gasteiger partial charge in [0.1, 0.15) is 17.8 Å². The van der Waals surface area contributed by atoms with E-state index >= 15 is 0 Å². The van der Waals surface area contributed by atoms with E-state index in [2.05, 4.69) is 5.16 Å². The number of aliphatic hydroxyl groups excluding tert-OH is 2. The highest BCUT2D eigenvalue weighted by Crippen LogP contribution is 2.29. The van der Waals surface area contributed by atoms with E-state index in [1.54, 1.807) is 42.5 Å². The van der Waals surface area contributed by atoms with E-state index in [0.29, 0.717) is 33.3 Å². The highest BCUT2D eigenvalue weighted by molar-refractivity contribution is 7.90. The van der Waals surface area contributed by atoms with Gasteiger partial charge in [-0.1, -0.05) is 23.4 Å². The maximum atomic E-state index is 13.8. The number of rotatable bonds is 8.